The van der Waals surface area contributed by atoms with E-state index in [1.54, 1.807) is 0 Å². The Hall–Kier alpha value is -6.98. The number of fused-ring (bicyclic) bond motifs is 13. The van der Waals surface area contributed by atoms with Crippen LogP contribution in [0.1, 0.15) is 25.0 Å². The Labute approximate surface area is 361 Å². The van der Waals surface area contributed by atoms with Gasteiger partial charge in [-0.05, 0) is 118 Å². The van der Waals surface area contributed by atoms with Crippen LogP contribution >= 0.6 is 22.7 Å². The van der Waals surface area contributed by atoms with Crippen molar-refractivity contribution < 1.29 is 0 Å². The van der Waals surface area contributed by atoms with Crippen LogP contribution in [-0.4, -0.2) is 4.57 Å². The molecule has 0 radical (unpaired) electrons. The number of benzene rings is 9. The van der Waals surface area contributed by atoms with Crippen LogP contribution in [0.15, 0.2) is 194 Å². The second-order valence-electron chi connectivity index (χ2n) is 16.9. The van der Waals surface area contributed by atoms with Gasteiger partial charge in [-0.15, -0.1) is 22.7 Å². The summed E-state index contributed by atoms with van der Waals surface area (Å²) < 4.78 is 7.73. The summed E-state index contributed by atoms with van der Waals surface area (Å²) in [5, 5.41) is 7.84. The molecule has 0 amide bonds. The summed E-state index contributed by atoms with van der Waals surface area (Å²) in [6, 6.07) is 72.3. The molecule has 0 aliphatic heterocycles. The molecule has 0 unspecified atom stereocenters. The first-order valence-corrected chi connectivity index (χ1v) is 22.6. The molecule has 12 aromatic rings. The van der Waals surface area contributed by atoms with Crippen LogP contribution < -0.4 is 4.90 Å². The van der Waals surface area contributed by atoms with Crippen LogP contribution in [-0.2, 0) is 5.41 Å². The zero-order chi connectivity index (χ0) is 40.4. The van der Waals surface area contributed by atoms with Gasteiger partial charge < -0.3 is 9.47 Å². The lowest BCUT2D eigenvalue weighted by atomic mass is 9.82. The molecule has 9 aromatic carbocycles. The van der Waals surface area contributed by atoms with Crippen LogP contribution in [0.25, 0.3) is 90.1 Å². The molecule has 61 heavy (non-hydrogen) atoms. The van der Waals surface area contributed by atoms with E-state index >= 15 is 0 Å². The van der Waals surface area contributed by atoms with Gasteiger partial charge in [0.25, 0.3) is 0 Å². The predicted octanol–water partition coefficient (Wildman–Crippen LogP) is 17.0. The molecule has 0 saturated carbocycles. The lowest BCUT2D eigenvalue weighted by Crippen LogP contribution is -2.16. The Bertz CT molecular complexity index is 3730. The summed E-state index contributed by atoms with van der Waals surface area (Å²) in [6.07, 6.45) is 0. The average Bonchev–Trinajstić information content (AvgIpc) is 4.03. The number of rotatable bonds is 5. The molecule has 0 atom stereocenters. The molecule has 4 heteroatoms. The van der Waals surface area contributed by atoms with Gasteiger partial charge in [0.1, 0.15) is 0 Å². The minimum Gasteiger partial charge on any atom is -0.310 e. The smallest absolute Gasteiger partial charge is 0.0555 e. The molecule has 288 valence electrons. The number of nitrogens with zero attached hydrogens (tertiary/aromatic N) is 2. The van der Waals surface area contributed by atoms with Gasteiger partial charge in [-0.2, -0.15) is 0 Å². The summed E-state index contributed by atoms with van der Waals surface area (Å²) >= 11 is 3.77. The number of anilines is 3. The topological polar surface area (TPSA) is 8.17 Å². The van der Waals surface area contributed by atoms with Gasteiger partial charge >= 0.3 is 0 Å². The van der Waals surface area contributed by atoms with Crippen molar-refractivity contribution in [2.45, 2.75) is 19.3 Å². The first kappa shape index (κ1) is 34.8. The Balaban J connectivity index is 0.976. The van der Waals surface area contributed by atoms with E-state index in [1.165, 1.54) is 101 Å². The first-order valence-electron chi connectivity index (χ1n) is 21.0. The van der Waals surface area contributed by atoms with E-state index in [2.05, 4.69) is 217 Å². The van der Waals surface area contributed by atoms with Crippen LogP contribution in [0.3, 0.4) is 0 Å². The quantitative estimate of drug-likeness (QED) is 0.168. The Morgan fingerprint density at radius 2 is 1.03 bits per heavy atom. The van der Waals surface area contributed by atoms with Crippen molar-refractivity contribution in [3.63, 3.8) is 0 Å². The van der Waals surface area contributed by atoms with Crippen molar-refractivity contribution in [2.75, 3.05) is 4.90 Å². The third-order valence-electron chi connectivity index (χ3n) is 13.2. The average molecular weight is 815 g/mol. The summed E-state index contributed by atoms with van der Waals surface area (Å²) in [4.78, 5) is 2.45. The molecule has 0 N–H and O–H groups in total. The van der Waals surface area contributed by atoms with E-state index in [0.717, 1.165) is 17.1 Å². The highest BCUT2D eigenvalue weighted by Gasteiger charge is 2.35. The highest BCUT2D eigenvalue weighted by Crippen LogP contribution is 2.51. The molecule has 13 rings (SSSR count). The summed E-state index contributed by atoms with van der Waals surface area (Å²) in [5.74, 6) is 0. The Kier molecular flexibility index (Phi) is 7.43. The molecule has 2 nitrogen and oxygen atoms in total. The maximum atomic E-state index is 2.45. The minimum absolute atomic E-state index is 0.103. The molecular formula is C57H38N2S2. The van der Waals surface area contributed by atoms with Crippen molar-refractivity contribution in [3.05, 3.63) is 205 Å². The second kappa shape index (κ2) is 13.0. The standard InChI is InChI=1S/C57H38N2S2/c1-57(2)48-17-9-6-14-41(48)42-27-25-40(34-49(42)57)58(39-26-31-54-46(33-39)44-16-8-10-18-52(44)60-54)38-23-20-35(21-24-38)36-22-29-50-47(32-36)55-51(59(50)37-12-4-3-5-13-37)30-28-45-43-15-7-11-19-53(43)61-56(45)55/h3-34H,1-2H3. The number of aromatic nitrogens is 1. The van der Waals surface area contributed by atoms with Crippen molar-refractivity contribution in [1.82, 2.24) is 4.57 Å². The lowest BCUT2D eigenvalue weighted by molar-refractivity contribution is 0.660. The van der Waals surface area contributed by atoms with Gasteiger partial charge in [-0.3, -0.25) is 0 Å². The zero-order valence-corrected chi connectivity index (χ0v) is 35.3. The lowest BCUT2D eigenvalue weighted by Gasteiger charge is -2.28. The van der Waals surface area contributed by atoms with E-state index in [-0.39, 0.29) is 5.41 Å². The zero-order valence-electron chi connectivity index (χ0n) is 33.7. The van der Waals surface area contributed by atoms with Crippen molar-refractivity contribution in [2.24, 2.45) is 0 Å². The predicted molar refractivity (Wildman–Crippen MR) is 264 cm³/mol. The SMILES string of the molecule is CC1(C)c2ccccc2-c2ccc(N(c3ccc(-c4ccc5c(c4)c4c6sc7ccccc7c6ccc4n5-c4ccccc4)cc3)c3ccc4sc5ccccc5c4c3)cc21. The molecule has 1 aliphatic rings. The van der Waals surface area contributed by atoms with Crippen molar-refractivity contribution in [3.8, 4) is 27.9 Å². The van der Waals surface area contributed by atoms with Gasteiger partial charge in [0, 0.05) is 79.3 Å². The molecular weight excluding hydrogens is 777 g/mol. The largest absolute Gasteiger partial charge is 0.310 e. The van der Waals surface area contributed by atoms with Gasteiger partial charge in [0.15, 0.2) is 0 Å². The fourth-order valence-electron chi connectivity index (χ4n) is 10.3. The third kappa shape index (κ3) is 5.13. The third-order valence-corrected chi connectivity index (χ3v) is 15.5. The molecule has 3 heterocycles. The van der Waals surface area contributed by atoms with E-state index in [1.807, 2.05) is 22.7 Å². The normalized spacial score (nSPS) is 13.2. The van der Waals surface area contributed by atoms with Crippen molar-refractivity contribution >= 4 is 102 Å². The number of para-hydroxylation sites is 1. The van der Waals surface area contributed by atoms with E-state index in [0.29, 0.717) is 0 Å². The van der Waals surface area contributed by atoms with Crippen LogP contribution in [0, 0.1) is 0 Å². The number of thiophene rings is 2. The fourth-order valence-corrected chi connectivity index (χ4v) is 12.6. The van der Waals surface area contributed by atoms with Gasteiger partial charge in [0.2, 0.25) is 0 Å². The van der Waals surface area contributed by atoms with Crippen LogP contribution in [0.2, 0.25) is 0 Å². The van der Waals surface area contributed by atoms with Crippen LogP contribution in [0.4, 0.5) is 17.1 Å². The summed E-state index contributed by atoms with van der Waals surface area (Å²) in [6.45, 7) is 4.73. The monoisotopic (exact) mass is 814 g/mol. The van der Waals surface area contributed by atoms with Gasteiger partial charge in [-0.25, -0.2) is 0 Å². The van der Waals surface area contributed by atoms with Crippen molar-refractivity contribution in [1.29, 1.82) is 0 Å². The fraction of sp³-hybridized carbons (Fsp3) is 0.0526. The molecule has 0 bridgehead atoms. The highest BCUT2D eigenvalue weighted by molar-refractivity contribution is 7.27. The minimum atomic E-state index is -0.103. The maximum Gasteiger partial charge on any atom is 0.0555 e. The van der Waals surface area contributed by atoms with Crippen LogP contribution in [0.5, 0.6) is 0 Å². The molecule has 3 aromatic heterocycles. The molecule has 0 spiro atoms. The number of hydrogen-bond acceptors (Lipinski definition) is 3. The van der Waals surface area contributed by atoms with E-state index in [9.17, 15) is 0 Å². The van der Waals surface area contributed by atoms with E-state index in [4.69, 9.17) is 0 Å². The highest BCUT2D eigenvalue weighted by atomic mass is 32.1. The molecule has 0 saturated heterocycles. The number of hydrogen-bond donors (Lipinski definition) is 0. The van der Waals surface area contributed by atoms with Gasteiger partial charge in [-0.1, -0.05) is 123 Å². The molecule has 1 aliphatic carbocycles. The van der Waals surface area contributed by atoms with Gasteiger partial charge in [0.05, 0.1) is 11.0 Å². The van der Waals surface area contributed by atoms with E-state index < -0.39 is 0 Å². The Morgan fingerprint density at radius 1 is 0.410 bits per heavy atom. The summed E-state index contributed by atoms with van der Waals surface area (Å²) in [5.41, 5.74) is 14.8. The first-order chi connectivity index (χ1) is 30.0. The summed E-state index contributed by atoms with van der Waals surface area (Å²) in [7, 11) is 0. The Morgan fingerprint density at radius 3 is 1.87 bits per heavy atom. The molecule has 0 fully saturated rings. The maximum absolute atomic E-state index is 2.45. The second-order valence-corrected chi connectivity index (χ2v) is 19.0.